The second-order valence-electron chi connectivity index (χ2n) is 10.1. The van der Waals surface area contributed by atoms with Gasteiger partial charge in [0.25, 0.3) is 5.91 Å². The Labute approximate surface area is 216 Å². The number of nitrogens with one attached hydrogen (secondary N) is 1. The van der Waals surface area contributed by atoms with E-state index < -0.39 is 35.5 Å². The van der Waals surface area contributed by atoms with Gasteiger partial charge in [0.15, 0.2) is 5.78 Å². The first kappa shape index (κ1) is 25.8. The van der Waals surface area contributed by atoms with Crippen LogP contribution in [0.1, 0.15) is 59.5 Å². The predicted molar refractivity (Wildman–Crippen MR) is 142 cm³/mol. The van der Waals surface area contributed by atoms with Gasteiger partial charge in [-0.05, 0) is 41.2 Å². The van der Waals surface area contributed by atoms with E-state index in [2.05, 4.69) is 5.32 Å². The number of hydrogen-bond acceptors (Lipinski definition) is 5. The molecule has 0 fully saturated rings. The summed E-state index contributed by atoms with van der Waals surface area (Å²) in [5.41, 5.74) is 3.32. The van der Waals surface area contributed by atoms with Gasteiger partial charge in [-0.3, -0.25) is 14.4 Å². The first-order chi connectivity index (χ1) is 17.6. The van der Waals surface area contributed by atoms with E-state index in [1.807, 2.05) is 76.2 Å². The van der Waals surface area contributed by atoms with Crippen molar-refractivity contribution in [1.82, 2.24) is 0 Å². The van der Waals surface area contributed by atoms with E-state index in [0.29, 0.717) is 11.3 Å². The van der Waals surface area contributed by atoms with Crippen LogP contribution < -0.4 is 5.32 Å². The van der Waals surface area contributed by atoms with Crippen molar-refractivity contribution in [1.29, 1.82) is 0 Å². The molecule has 0 saturated carbocycles. The number of carbonyl (C=O) groups excluding carboxylic acids is 4. The standard InChI is InChI=1S/C31H29NO5/c1-19-11-10-16-23(31(2,3)4)26(19)32-29(35)27(34)25(24(33)18-17-20-12-6-5-7-13-20)28-21-14-8-9-15-22(21)30(36)37-28/h5-18,25,28H,1-4H3,(H,32,35). The molecule has 1 N–H and O–H groups in total. The molecule has 3 aromatic rings. The van der Waals surface area contributed by atoms with Gasteiger partial charge in [-0.25, -0.2) is 4.79 Å². The van der Waals surface area contributed by atoms with Crippen LogP contribution in [0.2, 0.25) is 0 Å². The summed E-state index contributed by atoms with van der Waals surface area (Å²) >= 11 is 0. The molecule has 6 nitrogen and oxygen atoms in total. The number of esters is 1. The van der Waals surface area contributed by atoms with Crippen LogP contribution in [-0.4, -0.2) is 23.4 Å². The summed E-state index contributed by atoms with van der Waals surface area (Å²) in [7, 11) is 0. The van der Waals surface area contributed by atoms with Gasteiger partial charge in [0.1, 0.15) is 12.0 Å². The van der Waals surface area contributed by atoms with E-state index in [1.54, 1.807) is 30.3 Å². The molecule has 1 aliphatic heterocycles. The molecular weight excluding hydrogens is 466 g/mol. The molecule has 37 heavy (non-hydrogen) atoms. The van der Waals surface area contributed by atoms with Crippen LogP contribution in [0.4, 0.5) is 5.69 Å². The molecule has 6 heteroatoms. The van der Waals surface area contributed by atoms with Gasteiger partial charge in [0.05, 0.1) is 5.56 Å². The minimum atomic E-state index is -1.53. The maximum atomic E-state index is 13.6. The van der Waals surface area contributed by atoms with Crippen molar-refractivity contribution in [2.75, 3.05) is 5.32 Å². The number of anilines is 1. The van der Waals surface area contributed by atoms with E-state index in [1.165, 1.54) is 6.08 Å². The number of rotatable bonds is 7. The highest BCUT2D eigenvalue weighted by Gasteiger charge is 2.45. The summed E-state index contributed by atoms with van der Waals surface area (Å²) in [5.74, 6) is -4.70. The highest BCUT2D eigenvalue weighted by Crippen LogP contribution is 2.38. The van der Waals surface area contributed by atoms with Gasteiger partial charge in [0, 0.05) is 11.3 Å². The first-order valence-corrected chi connectivity index (χ1v) is 12.1. The Morgan fingerprint density at radius 3 is 2.30 bits per heavy atom. The van der Waals surface area contributed by atoms with Crippen molar-refractivity contribution in [3.63, 3.8) is 0 Å². The number of carbonyl (C=O) groups is 4. The lowest BCUT2D eigenvalue weighted by atomic mass is 9.84. The summed E-state index contributed by atoms with van der Waals surface area (Å²) in [6, 6.07) is 21.3. The van der Waals surface area contributed by atoms with Crippen molar-refractivity contribution in [3.05, 3.63) is 107 Å². The quantitative estimate of drug-likeness (QED) is 0.199. The Bertz CT molecular complexity index is 1400. The average Bonchev–Trinajstić information content (AvgIpc) is 3.20. The SMILES string of the molecule is Cc1cccc(C(C)(C)C)c1NC(=O)C(=O)C(C(=O)C=Cc1ccccc1)C1OC(=O)c2ccccc21. The molecular formula is C31H29NO5. The van der Waals surface area contributed by atoms with E-state index in [-0.39, 0.29) is 11.0 Å². The summed E-state index contributed by atoms with van der Waals surface area (Å²) in [4.78, 5) is 52.9. The summed E-state index contributed by atoms with van der Waals surface area (Å²) < 4.78 is 5.50. The van der Waals surface area contributed by atoms with Gasteiger partial charge < -0.3 is 10.1 Å². The van der Waals surface area contributed by atoms with Crippen LogP contribution in [0.25, 0.3) is 6.08 Å². The second kappa shape index (κ2) is 10.3. The number of allylic oxidation sites excluding steroid dienone is 1. The molecule has 0 saturated heterocycles. The van der Waals surface area contributed by atoms with Gasteiger partial charge in [-0.15, -0.1) is 0 Å². The fourth-order valence-electron chi connectivity index (χ4n) is 4.46. The van der Waals surface area contributed by atoms with Crippen LogP contribution in [0.5, 0.6) is 0 Å². The van der Waals surface area contributed by atoms with Crippen LogP contribution >= 0.6 is 0 Å². The first-order valence-electron chi connectivity index (χ1n) is 12.1. The zero-order chi connectivity index (χ0) is 26.7. The average molecular weight is 496 g/mol. The fourth-order valence-corrected chi connectivity index (χ4v) is 4.46. The molecule has 1 heterocycles. The Morgan fingerprint density at radius 2 is 1.59 bits per heavy atom. The highest BCUT2D eigenvalue weighted by molar-refractivity contribution is 6.45. The van der Waals surface area contributed by atoms with Crippen LogP contribution in [-0.2, 0) is 24.5 Å². The molecule has 0 aromatic heterocycles. The van der Waals surface area contributed by atoms with Gasteiger partial charge >= 0.3 is 5.97 Å². The Morgan fingerprint density at radius 1 is 0.919 bits per heavy atom. The largest absolute Gasteiger partial charge is 0.453 e. The fraction of sp³-hybridized carbons (Fsp3) is 0.226. The second-order valence-corrected chi connectivity index (χ2v) is 10.1. The number of hydrogen-bond donors (Lipinski definition) is 1. The molecule has 2 unspecified atom stereocenters. The number of para-hydroxylation sites is 1. The lowest BCUT2D eigenvalue weighted by Gasteiger charge is -2.25. The molecule has 1 amide bonds. The topological polar surface area (TPSA) is 89.5 Å². The number of ether oxygens (including phenoxy) is 1. The molecule has 188 valence electrons. The normalized spacial score (nSPS) is 15.7. The van der Waals surface area contributed by atoms with Crippen LogP contribution in [0.3, 0.4) is 0 Å². The third-order valence-corrected chi connectivity index (χ3v) is 6.40. The van der Waals surface area contributed by atoms with Crippen molar-refractivity contribution in [2.24, 2.45) is 5.92 Å². The van der Waals surface area contributed by atoms with Gasteiger partial charge in [-0.2, -0.15) is 0 Å². The van der Waals surface area contributed by atoms with Crippen molar-refractivity contribution in [3.8, 4) is 0 Å². The summed E-state index contributed by atoms with van der Waals surface area (Å²) in [6.07, 6.45) is 1.63. The molecule has 0 spiro atoms. The molecule has 1 aliphatic rings. The van der Waals surface area contributed by atoms with E-state index in [9.17, 15) is 19.2 Å². The van der Waals surface area contributed by atoms with Crippen molar-refractivity contribution >= 4 is 35.2 Å². The molecule has 0 radical (unpaired) electrons. The molecule has 2 atom stereocenters. The Balaban J connectivity index is 1.70. The van der Waals surface area contributed by atoms with Crippen molar-refractivity contribution in [2.45, 2.75) is 39.2 Å². The number of cyclic esters (lactones) is 1. The molecule has 3 aromatic carbocycles. The number of Topliss-reactive ketones (excluding diaryl/α,β-unsaturated/α-hetero) is 1. The number of ketones is 2. The lowest BCUT2D eigenvalue weighted by molar-refractivity contribution is -0.143. The molecule has 0 aliphatic carbocycles. The number of amides is 1. The van der Waals surface area contributed by atoms with Crippen LogP contribution in [0.15, 0.2) is 78.9 Å². The summed E-state index contributed by atoms with van der Waals surface area (Å²) in [5, 5.41) is 2.75. The minimum absolute atomic E-state index is 0.277. The van der Waals surface area contributed by atoms with Crippen molar-refractivity contribution < 1.29 is 23.9 Å². The smallest absolute Gasteiger partial charge is 0.339 e. The minimum Gasteiger partial charge on any atom is -0.453 e. The predicted octanol–water partition coefficient (Wildman–Crippen LogP) is 5.61. The van der Waals surface area contributed by atoms with Gasteiger partial charge in [-0.1, -0.05) is 93.6 Å². The third-order valence-electron chi connectivity index (χ3n) is 6.40. The molecule has 0 bridgehead atoms. The number of benzene rings is 3. The van der Waals surface area contributed by atoms with Crippen LogP contribution in [0, 0.1) is 12.8 Å². The molecule has 4 rings (SSSR count). The maximum Gasteiger partial charge on any atom is 0.339 e. The van der Waals surface area contributed by atoms with Gasteiger partial charge in [0.2, 0.25) is 5.78 Å². The third kappa shape index (κ3) is 5.43. The maximum absolute atomic E-state index is 13.6. The van der Waals surface area contributed by atoms with E-state index in [0.717, 1.165) is 16.7 Å². The zero-order valence-corrected chi connectivity index (χ0v) is 21.3. The lowest BCUT2D eigenvalue weighted by Crippen LogP contribution is -2.38. The number of fused-ring (bicyclic) bond motifs is 1. The monoisotopic (exact) mass is 495 g/mol. The highest BCUT2D eigenvalue weighted by atomic mass is 16.5. The Hall–Kier alpha value is -4.32. The Kier molecular flexibility index (Phi) is 7.21. The van der Waals surface area contributed by atoms with E-state index in [4.69, 9.17) is 4.74 Å². The van der Waals surface area contributed by atoms with E-state index >= 15 is 0 Å². The zero-order valence-electron chi connectivity index (χ0n) is 21.3. The number of aryl methyl sites for hydroxylation is 1. The summed E-state index contributed by atoms with van der Waals surface area (Å²) in [6.45, 7) is 7.87.